The number of halogens is 1. The Morgan fingerprint density at radius 2 is 2.36 bits per heavy atom. The lowest BCUT2D eigenvalue weighted by molar-refractivity contribution is 0.0946. The molecular weight excluding hydrogens is 300 g/mol. The average molecular weight is 325 g/mol. The summed E-state index contributed by atoms with van der Waals surface area (Å²) < 4.78 is 5.63. The van der Waals surface area contributed by atoms with E-state index < -0.39 is 0 Å². The molecule has 2 rings (SSSR count). The third kappa shape index (κ3) is 5.18. The zero-order valence-electron chi connectivity index (χ0n) is 13.2. The molecule has 5 heteroatoms. The molecule has 1 fully saturated rings. The van der Waals surface area contributed by atoms with Gasteiger partial charge in [0.05, 0.1) is 12.2 Å². The fourth-order valence-corrected chi connectivity index (χ4v) is 2.85. The van der Waals surface area contributed by atoms with Crippen molar-refractivity contribution >= 4 is 17.5 Å². The molecule has 2 N–H and O–H groups in total. The molecule has 0 aromatic heterocycles. The van der Waals surface area contributed by atoms with E-state index in [2.05, 4.69) is 10.6 Å². The zero-order chi connectivity index (χ0) is 15.8. The normalized spacial score (nSPS) is 18.0. The molecular formula is C17H25ClN2O2. The van der Waals surface area contributed by atoms with Gasteiger partial charge in [-0.3, -0.25) is 4.79 Å². The summed E-state index contributed by atoms with van der Waals surface area (Å²) in [6, 6.07) is 5.18. The van der Waals surface area contributed by atoms with Crippen molar-refractivity contribution in [2.45, 2.75) is 32.6 Å². The molecule has 1 aromatic rings. The molecule has 1 aliphatic rings. The van der Waals surface area contributed by atoms with Crippen LogP contribution in [-0.2, 0) is 0 Å². The second kappa shape index (κ2) is 9.01. The minimum Gasteiger partial charge on any atom is -0.493 e. The Kier molecular flexibility index (Phi) is 7.00. The highest BCUT2D eigenvalue weighted by molar-refractivity contribution is 6.31. The van der Waals surface area contributed by atoms with Gasteiger partial charge in [-0.25, -0.2) is 0 Å². The molecule has 1 aromatic carbocycles. The molecule has 0 spiro atoms. The lowest BCUT2D eigenvalue weighted by atomic mass is 9.96. The van der Waals surface area contributed by atoms with Crippen molar-refractivity contribution in [3.05, 3.63) is 28.8 Å². The lowest BCUT2D eigenvalue weighted by Crippen LogP contribution is -2.33. The van der Waals surface area contributed by atoms with Gasteiger partial charge >= 0.3 is 0 Å². The van der Waals surface area contributed by atoms with Crippen LogP contribution in [0.2, 0.25) is 5.02 Å². The van der Waals surface area contributed by atoms with Gasteiger partial charge in [0.15, 0.2) is 0 Å². The van der Waals surface area contributed by atoms with E-state index in [9.17, 15) is 4.79 Å². The van der Waals surface area contributed by atoms with Crippen LogP contribution in [0.1, 0.15) is 43.0 Å². The van der Waals surface area contributed by atoms with Crippen molar-refractivity contribution < 1.29 is 9.53 Å². The van der Waals surface area contributed by atoms with Gasteiger partial charge in [0.25, 0.3) is 5.91 Å². The van der Waals surface area contributed by atoms with Crippen LogP contribution in [0.5, 0.6) is 5.75 Å². The summed E-state index contributed by atoms with van der Waals surface area (Å²) in [4.78, 5) is 12.4. The van der Waals surface area contributed by atoms with E-state index in [1.165, 1.54) is 12.8 Å². The van der Waals surface area contributed by atoms with Crippen molar-refractivity contribution in [3.8, 4) is 5.75 Å². The van der Waals surface area contributed by atoms with Gasteiger partial charge in [0, 0.05) is 11.6 Å². The number of piperidine rings is 1. The first-order valence-corrected chi connectivity index (χ1v) is 8.49. The van der Waals surface area contributed by atoms with Gasteiger partial charge < -0.3 is 15.4 Å². The number of benzene rings is 1. The molecule has 0 radical (unpaired) electrons. The van der Waals surface area contributed by atoms with Gasteiger partial charge in [-0.05, 0) is 62.9 Å². The fourth-order valence-electron chi connectivity index (χ4n) is 2.67. The second-order valence-electron chi connectivity index (χ2n) is 5.75. The summed E-state index contributed by atoms with van der Waals surface area (Å²) in [7, 11) is 0. The molecule has 122 valence electrons. The van der Waals surface area contributed by atoms with Crippen LogP contribution in [0, 0.1) is 5.92 Å². The van der Waals surface area contributed by atoms with Crippen LogP contribution < -0.4 is 15.4 Å². The van der Waals surface area contributed by atoms with Crippen molar-refractivity contribution in [3.63, 3.8) is 0 Å². The van der Waals surface area contributed by atoms with Crippen LogP contribution >= 0.6 is 11.6 Å². The zero-order valence-corrected chi connectivity index (χ0v) is 13.9. The Balaban J connectivity index is 1.88. The molecule has 1 unspecified atom stereocenters. The maximum Gasteiger partial charge on any atom is 0.255 e. The standard InChI is InChI=1S/C17H25ClN2O2/c1-2-10-22-16-6-5-14(18)11-15(16)17(21)20-9-7-13-4-3-8-19-12-13/h5-6,11,13,19H,2-4,7-10,12H2,1H3,(H,20,21). The summed E-state index contributed by atoms with van der Waals surface area (Å²) in [5.74, 6) is 1.14. The van der Waals surface area contributed by atoms with E-state index in [-0.39, 0.29) is 5.91 Å². The fraction of sp³-hybridized carbons (Fsp3) is 0.588. The van der Waals surface area contributed by atoms with Crippen molar-refractivity contribution in [2.75, 3.05) is 26.2 Å². The number of amides is 1. The predicted molar refractivity (Wildman–Crippen MR) is 89.8 cm³/mol. The summed E-state index contributed by atoms with van der Waals surface area (Å²) in [6.45, 7) is 5.48. The first-order valence-electron chi connectivity index (χ1n) is 8.12. The van der Waals surface area contributed by atoms with Gasteiger partial charge in [-0.15, -0.1) is 0 Å². The molecule has 22 heavy (non-hydrogen) atoms. The van der Waals surface area contributed by atoms with Crippen LogP contribution in [0.25, 0.3) is 0 Å². The lowest BCUT2D eigenvalue weighted by Gasteiger charge is -2.22. The molecule has 0 bridgehead atoms. The first kappa shape index (κ1) is 17.1. The first-order chi connectivity index (χ1) is 10.7. The highest BCUT2D eigenvalue weighted by atomic mass is 35.5. The highest BCUT2D eigenvalue weighted by Crippen LogP contribution is 2.23. The van der Waals surface area contributed by atoms with Crippen LogP contribution in [0.15, 0.2) is 18.2 Å². The van der Waals surface area contributed by atoms with E-state index in [0.717, 1.165) is 25.9 Å². The van der Waals surface area contributed by atoms with E-state index in [4.69, 9.17) is 16.3 Å². The number of carbonyl (C=O) groups excluding carboxylic acids is 1. The largest absolute Gasteiger partial charge is 0.493 e. The van der Waals surface area contributed by atoms with Crippen molar-refractivity contribution in [1.82, 2.24) is 10.6 Å². The SMILES string of the molecule is CCCOc1ccc(Cl)cc1C(=O)NCCC1CCCNC1. The summed E-state index contributed by atoms with van der Waals surface area (Å²) >= 11 is 6.01. The van der Waals surface area contributed by atoms with Crippen molar-refractivity contribution in [1.29, 1.82) is 0 Å². The number of nitrogens with one attached hydrogen (secondary N) is 2. The number of rotatable bonds is 7. The topological polar surface area (TPSA) is 50.4 Å². The quantitative estimate of drug-likeness (QED) is 0.809. The molecule has 1 saturated heterocycles. The van der Waals surface area contributed by atoms with Crippen LogP contribution in [-0.4, -0.2) is 32.1 Å². The van der Waals surface area contributed by atoms with E-state index in [0.29, 0.717) is 35.4 Å². The minimum absolute atomic E-state index is 0.114. The third-order valence-corrected chi connectivity index (χ3v) is 4.12. The summed E-state index contributed by atoms with van der Waals surface area (Å²) in [6.07, 6.45) is 4.37. The number of hydrogen-bond acceptors (Lipinski definition) is 3. The van der Waals surface area contributed by atoms with Crippen LogP contribution in [0.4, 0.5) is 0 Å². The van der Waals surface area contributed by atoms with E-state index in [1.54, 1.807) is 18.2 Å². The van der Waals surface area contributed by atoms with Gasteiger partial charge in [0.1, 0.15) is 5.75 Å². The van der Waals surface area contributed by atoms with Crippen LogP contribution in [0.3, 0.4) is 0 Å². The second-order valence-corrected chi connectivity index (χ2v) is 6.18. The van der Waals surface area contributed by atoms with E-state index in [1.807, 2.05) is 6.92 Å². The average Bonchev–Trinajstić information content (AvgIpc) is 2.54. The third-order valence-electron chi connectivity index (χ3n) is 3.89. The Bertz CT molecular complexity index is 488. The van der Waals surface area contributed by atoms with Gasteiger partial charge in [-0.1, -0.05) is 18.5 Å². The Hall–Kier alpha value is -1.26. The van der Waals surface area contributed by atoms with Gasteiger partial charge in [0.2, 0.25) is 0 Å². The smallest absolute Gasteiger partial charge is 0.255 e. The summed E-state index contributed by atoms with van der Waals surface area (Å²) in [5, 5.41) is 6.93. The summed E-state index contributed by atoms with van der Waals surface area (Å²) in [5.41, 5.74) is 0.516. The number of ether oxygens (including phenoxy) is 1. The maximum atomic E-state index is 12.4. The Labute approximate surface area is 137 Å². The molecule has 0 aliphatic carbocycles. The maximum absolute atomic E-state index is 12.4. The molecule has 0 saturated carbocycles. The monoisotopic (exact) mass is 324 g/mol. The number of carbonyl (C=O) groups is 1. The highest BCUT2D eigenvalue weighted by Gasteiger charge is 2.15. The van der Waals surface area contributed by atoms with E-state index >= 15 is 0 Å². The minimum atomic E-state index is -0.114. The molecule has 1 atom stereocenters. The Morgan fingerprint density at radius 1 is 1.50 bits per heavy atom. The Morgan fingerprint density at radius 3 is 3.09 bits per heavy atom. The molecule has 1 aliphatic heterocycles. The predicted octanol–water partition coefficient (Wildman–Crippen LogP) is 3.25. The molecule has 1 heterocycles. The van der Waals surface area contributed by atoms with Crippen molar-refractivity contribution in [2.24, 2.45) is 5.92 Å². The number of hydrogen-bond donors (Lipinski definition) is 2. The molecule has 4 nitrogen and oxygen atoms in total. The van der Waals surface area contributed by atoms with Gasteiger partial charge in [-0.2, -0.15) is 0 Å². The molecule has 1 amide bonds.